The van der Waals surface area contributed by atoms with Crippen molar-refractivity contribution in [3.8, 4) is 0 Å². The Hall–Kier alpha value is -1.48. The molecule has 0 aliphatic carbocycles. The molecule has 0 aliphatic heterocycles. The van der Waals surface area contributed by atoms with Crippen molar-refractivity contribution >= 4 is 11.9 Å². The maximum Gasteiger partial charge on any atom is 0.0974 e. The van der Waals surface area contributed by atoms with Crippen molar-refractivity contribution in [2.45, 2.75) is 0 Å². The fraction of sp³-hybridized carbons (Fsp3) is 0.500. The van der Waals surface area contributed by atoms with Gasteiger partial charge in [0.2, 0.25) is 0 Å². The second-order valence-corrected chi connectivity index (χ2v) is 2.13. The lowest BCUT2D eigenvalue weighted by Gasteiger charge is -1.90. The molecular weight excluding hydrogens is 220 g/mol. The lowest BCUT2D eigenvalue weighted by molar-refractivity contribution is -0.372. The molecule has 0 amide bonds. The van der Waals surface area contributed by atoms with Gasteiger partial charge in [-0.15, -0.1) is 0 Å². The highest BCUT2D eigenvalue weighted by Gasteiger charge is 1.71. The van der Waals surface area contributed by atoms with Gasteiger partial charge in [0.1, 0.15) is 0 Å². The Kier molecular flexibility index (Phi) is 23.9. The van der Waals surface area contributed by atoms with Gasteiger partial charge in [-0.1, -0.05) is 0 Å². The van der Waals surface area contributed by atoms with Crippen molar-refractivity contribution in [3.05, 3.63) is 12.2 Å². The quantitative estimate of drug-likeness (QED) is 0.354. The lowest BCUT2D eigenvalue weighted by atomic mass is 10.5. The van der Waals surface area contributed by atoms with Crippen LogP contribution in [0.2, 0.25) is 0 Å². The van der Waals surface area contributed by atoms with Crippen molar-refractivity contribution in [1.29, 1.82) is 0 Å². The molecule has 0 aliphatic rings. The monoisotopic (exact) mass is 238 g/mol. The van der Waals surface area contributed by atoms with E-state index in [1.54, 1.807) is 0 Å². The van der Waals surface area contributed by atoms with Gasteiger partial charge in [-0.05, 0) is 12.2 Å². The minimum absolute atomic E-state index is 0.208. The summed E-state index contributed by atoms with van der Waals surface area (Å²) in [6.45, 7) is 1.67. The number of carboxylic acid groups (broad SMARTS) is 2. The van der Waals surface area contributed by atoms with E-state index in [1.807, 2.05) is 0 Å². The Morgan fingerprint density at radius 2 is 1.12 bits per heavy atom. The highest BCUT2D eigenvalue weighted by Crippen LogP contribution is 1.64. The number of hydrogen-bond donors (Lipinski definition) is 4. The summed E-state index contributed by atoms with van der Waals surface area (Å²) < 4.78 is 0. The number of carbonyl (C=O) groups excluding carboxylic acids is 2. The van der Waals surface area contributed by atoms with Crippen LogP contribution in [0.1, 0.15) is 0 Å². The number of aliphatic hydroxyl groups excluding tert-OH is 2. The molecule has 0 saturated carbocycles. The predicted octanol–water partition coefficient (Wildman–Crippen LogP) is -6.52. The molecule has 0 unspecified atom stereocenters. The standard InChI is InChI=1S/C4H4O4.2C2H7NO/c5-3(6)1-2-4(7)8;2*3-1-2-4/h1-2H,(H,5,6)(H,7,8);2*4H,1-3H2/b2-1-;;. The van der Waals surface area contributed by atoms with Gasteiger partial charge in [-0.2, -0.15) is 0 Å². The van der Waals surface area contributed by atoms with Crippen molar-refractivity contribution in [3.63, 3.8) is 0 Å². The van der Waals surface area contributed by atoms with Crippen LogP contribution in [0.25, 0.3) is 0 Å². The molecule has 8 N–H and O–H groups in total. The minimum Gasteiger partial charge on any atom is -0.545 e. The average molecular weight is 238 g/mol. The van der Waals surface area contributed by atoms with Gasteiger partial charge in [0.15, 0.2) is 0 Å². The van der Waals surface area contributed by atoms with Crippen LogP contribution in [0.5, 0.6) is 0 Å². The zero-order valence-corrected chi connectivity index (χ0v) is 8.92. The molecule has 0 aromatic heterocycles. The van der Waals surface area contributed by atoms with E-state index in [4.69, 9.17) is 10.2 Å². The minimum atomic E-state index is -1.55. The fourth-order valence-corrected chi connectivity index (χ4v) is 0.136. The number of aliphatic carboxylic acids is 2. The predicted molar refractivity (Wildman–Crippen MR) is 48.8 cm³/mol. The summed E-state index contributed by atoms with van der Waals surface area (Å²) >= 11 is 0. The zero-order valence-electron chi connectivity index (χ0n) is 8.92. The summed E-state index contributed by atoms with van der Waals surface area (Å²) in [5.41, 5.74) is 6.71. The second-order valence-electron chi connectivity index (χ2n) is 2.13. The van der Waals surface area contributed by atoms with Crippen molar-refractivity contribution < 1.29 is 41.5 Å². The van der Waals surface area contributed by atoms with E-state index < -0.39 is 11.9 Å². The Balaban J connectivity index is -0.000000179. The van der Waals surface area contributed by atoms with Crippen LogP contribution in [0.15, 0.2) is 12.2 Å². The molecule has 8 heteroatoms. The summed E-state index contributed by atoms with van der Waals surface area (Å²) in [6.07, 6.45) is 0.769. The van der Waals surface area contributed by atoms with Crippen molar-refractivity contribution in [2.24, 2.45) is 0 Å². The summed E-state index contributed by atoms with van der Waals surface area (Å²) in [5, 5.41) is 34.5. The molecule has 0 aromatic carbocycles. The lowest BCUT2D eigenvalue weighted by Crippen LogP contribution is -2.51. The molecule has 0 fully saturated rings. The van der Waals surface area contributed by atoms with E-state index in [1.165, 1.54) is 0 Å². The van der Waals surface area contributed by atoms with Gasteiger partial charge < -0.3 is 41.5 Å². The summed E-state index contributed by atoms with van der Waals surface area (Å²) in [4.78, 5) is 18.8. The molecule has 16 heavy (non-hydrogen) atoms. The third-order valence-corrected chi connectivity index (χ3v) is 0.672. The highest BCUT2D eigenvalue weighted by atomic mass is 16.4. The first-order valence-electron chi connectivity index (χ1n) is 4.36. The van der Waals surface area contributed by atoms with Crippen LogP contribution in [-0.4, -0.2) is 48.5 Å². The summed E-state index contributed by atoms with van der Waals surface area (Å²) in [6, 6.07) is 0. The van der Waals surface area contributed by atoms with Gasteiger partial charge in [-0.25, -0.2) is 0 Å². The van der Waals surface area contributed by atoms with Gasteiger partial charge in [0.25, 0.3) is 0 Å². The molecular formula is C8H18N2O6. The van der Waals surface area contributed by atoms with E-state index in [0.29, 0.717) is 25.2 Å². The van der Waals surface area contributed by atoms with E-state index in [2.05, 4.69) is 11.5 Å². The number of aliphatic hydroxyl groups is 2. The molecule has 8 nitrogen and oxygen atoms in total. The van der Waals surface area contributed by atoms with E-state index in [0.717, 1.165) is 0 Å². The van der Waals surface area contributed by atoms with Gasteiger partial charge >= 0.3 is 0 Å². The van der Waals surface area contributed by atoms with Crippen molar-refractivity contribution in [2.75, 3.05) is 26.3 Å². The van der Waals surface area contributed by atoms with Crippen LogP contribution in [-0.2, 0) is 9.59 Å². The second kappa shape index (κ2) is 19.1. The highest BCUT2D eigenvalue weighted by molar-refractivity contribution is 5.87. The SMILES string of the molecule is O=C([O-])/C=C\C(=O)[O-].[NH3+]CCO.[NH3+]CCO. The Morgan fingerprint density at radius 1 is 0.938 bits per heavy atom. The third kappa shape index (κ3) is 54.5. The van der Waals surface area contributed by atoms with Crippen molar-refractivity contribution in [1.82, 2.24) is 0 Å². The molecule has 0 saturated heterocycles. The largest absolute Gasteiger partial charge is 0.545 e. The smallest absolute Gasteiger partial charge is 0.0974 e. The molecule has 96 valence electrons. The fourth-order valence-electron chi connectivity index (χ4n) is 0.136. The first-order chi connectivity index (χ1) is 7.45. The molecule has 0 bridgehead atoms. The molecule has 0 radical (unpaired) electrons. The summed E-state index contributed by atoms with van der Waals surface area (Å²) in [7, 11) is 0. The van der Waals surface area contributed by atoms with Crippen LogP contribution < -0.4 is 21.7 Å². The van der Waals surface area contributed by atoms with Crippen LogP contribution in [0, 0.1) is 0 Å². The molecule has 0 rings (SSSR count). The maximum atomic E-state index is 9.41. The zero-order chi connectivity index (χ0) is 13.4. The van der Waals surface area contributed by atoms with Gasteiger partial charge in [0.05, 0.1) is 38.2 Å². The third-order valence-electron chi connectivity index (χ3n) is 0.672. The van der Waals surface area contributed by atoms with Crippen LogP contribution >= 0.6 is 0 Å². The molecule has 0 atom stereocenters. The maximum absolute atomic E-state index is 9.41. The van der Waals surface area contributed by atoms with Gasteiger partial charge in [0, 0.05) is 0 Å². The molecule has 0 aromatic rings. The Labute approximate surface area is 92.8 Å². The van der Waals surface area contributed by atoms with Crippen LogP contribution in [0.3, 0.4) is 0 Å². The van der Waals surface area contributed by atoms with E-state index in [9.17, 15) is 19.8 Å². The number of rotatable bonds is 4. The topological polar surface area (TPSA) is 176 Å². The Morgan fingerprint density at radius 3 is 1.19 bits per heavy atom. The number of hydrogen-bond acceptors (Lipinski definition) is 6. The number of carbonyl (C=O) groups is 2. The first kappa shape index (κ1) is 20.0. The number of quaternary nitrogens is 2. The molecule has 0 heterocycles. The average Bonchev–Trinajstić information content (AvgIpc) is 2.27. The van der Waals surface area contributed by atoms with Crippen LogP contribution in [0.4, 0.5) is 0 Å². The number of carboxylic acids is 2. The first-order valence-corrected chi connectivity index (χ1v) is 4.36. The van der Waals surface area contributed by atoms with E-state index >= 15 is 0 Å². The molecule has 0 spiro atoms. The normalized spacial score (nSPS) is 8.50. The summed E-state index contributed by atoms with van der Waals surface area (Å²) in [5.74, 6) is -3.09. The van der Waals surface area contributed by atoms with E-state index in [-0.39, 0.29) is 13.2 Å². The Bertz CT molecular complexity index is 171. The van der Waals surface area contributed by atoms with Gasteiger partial charge in [-0.3, -0.25) is 0 Å².